The lowest BCUT2D eigenvalue weighted by Gasteiger charge is -2.35. The third-order valence-corrected chi connectivity index (χ3v) is 3.13. The number of aryl methyl sites for hydroxylation is 1. The summed E-state index contributed by atoms with van der Waals surface area (Å²) in [5.41, 5.74) is -0.344. The molecule has 0 spiro atoms. The van der Waals surface area contributed by atoms with Gasteiger partial charge in [-0.2, -0.15) is 0 Å². The van der Waals surface area contributed by atoms with E-state index in [1.165, 1.54) is 0 Å². The van der Waals surface area contributed by atoms with Gasteiger partial charge in [-0.25, -0.2) is 9.97 Å². The molecule has 5 nitrogen and oxygen atoms in total. The lowest BCUT2D eigenvalue weighted by Crippen LogP contribution is -2.45. The zero-order valence-electron chi connectivity index (χ0n) is 12.0. The Kier molecular flexibility index (Phi) is 4.90. The number of nitrogens with one attached hydrogen (secondary N) is 1. The zero-order valence-corrected chi connectivity index (χ0v) is 12.0. The highest BCUT2D eigenvalue weighted by Gasteiger charge is 2.24. The Hall–Kier alpha value is -1.36. The van der Waals surface area contributed by atoms with Crippen molar-refractivity contribution in [1.29, 1.82) is 0 Å². The first-order valence-corrected chi connectivity index (χ1v) is 6.35. The fourth-order valence-corrected chi connectivity index (χ4v) is 1.53. The van der Waals surface area contributed by atoms with E-state index in [0.717, 1.165) is 30.3 Å². The van der Waals surface area contributed by atoms with Crippen molar-refractivity contribution in [2.24, 2.45) is 0 Å². The van der Waals surface area contributed by atoms with Crippen molar-refractivity contribution in [3.8, 4) is 0 Å². The topological polar surface area (TPSA) is 61.3 Å². The van der Waals surface area contributed by atoms with Crippen LogP contribution in [-0.4, -0.2) is 41.3 Å². The maximum absolute atomic E-state index is 9.42. The summed E-state index contributed by atoms with van der Waals surface area (Å²) in [5, 5.41) is 12.5. The van der Waals surface area contributed by atoms with Crippen molar-refractivity contribution >= 4 is 11.6 Å². The number of hydrogen-bond donors (Lipinski definition) is 2. The molecule has 102 valence electrons. The van der Waals surface area contributed by atoms with Gasteiger partial charge in [0.1, 0.15) is 17.5 Å². The molecule has 0 aromatic carbocycles. The Bertz CT molecular complexity index is 393. The number of rotatable bonds is 6. The van der Waals surface area contributed by atoms with Crippen molar-refractivity contribution in [3.63, 3.8) is 0 Å². The first-order valence-electron chi connectivity index (χ1n) is 6.35. The van der Waals surface area contributed by atoms with Gasteiger partial charge in [0, 0.05) is 26.6 Å². The number of aromatic nitrogens is 2. The van der Waals surface area contributed by atoms with E-state index in [1.807, 2.05) is 38.9 Å². The molecule has 1 rings (SSSR count). The summed E-state index contributed by atoms with van der Waals surface area (Å²) in [6, 6.07) is 1.90. The molecule has 0 bridgehead atoms. The standard InChI is InChI=1S/C13H24N4O/c1-6-7-10-15-11(14-4)8-12(16-10)17(5)13(2,3)9-18/h8,18H,6-7,9H2,1-5H3,(H,14,15,16). The van der Waals surface area contributed by atoms with Crippen LogP contribution < -0.4 is 10.2 Å². The molecule has 0 aliphatic carbocycles. The summed E-state index contributed by atoms with van der Waals surface area (Å²) < 4.78 is 0. The van der Waals surface area contributed by atoms with Crippen LogP contribution in [0.1, 0.15) is 33.0 Å². The van der Waals surface area contributed by atoms with Crippen molar-refractivity contribution in [2.45, 2.75) is 39.2 Å². The number of hydrogen-bond acceptors (Lipinski definition) is 5. The summed E-state index contributed by atoms with van der Waals surface area (Å²) in [5.74, 6) is 2.47. The summed E-state index contributed by atoms with van der Waals surface area (Å²) in [6.07, 6.45) is 1.87. The molecular formula is C13H24N4O. The average molecular weight is 252 g/mol. The molecule has 0 aliphatic rings. The quantitative estimate of drug-likeness (QED) is 0.806. The van der Waals surface area contributed by atoms with Gasteiger partial charge in [-0.05, 0) is 20.3 Å². The maximum Gasteiger partial charge on any atom is 0.134 e. The van der Waals surface area contributed by atoms with Crippen molar-refractivity contribution in [1.82, 2.24) is 9.97 Å². The Morgan fingerprint density at radius 3 is 2.56 bits per heavy atom. The minimum Gasteiger partial charge on any atom is -0.394 e. The summed E-state index contributed by atoms with van der Waals surface area (Å²) in [7, 11) is 3.78. The summed E-state index contributed by atoms with van der Waals surface area (Å²) in [6.45, 7) is 6.14. The van der Waals surface area contributed by atoms with Gasteiger partial charge in [0.05, 0.1) is 12.1 Å². The molecule has 2 N–H and O–H groups in total. The number of aliphatic hydroxyl groups excluding tert-OH is 1. The Balaban J connectivity index is 3.11. The fraction of sp³-hybridized carbons (Fsp3) is 0.692. The second-order valence-corrected chi connectivity index (χ2v) is 5.06. The monoisotopic (exact) mass is 252 g/mol. The lowest BCUT2D eigenvalue weighted by atomic mass is 10.1. The molecule has 0 unspecified atom stereocenters. The SMILES string of the molecule is CCCc1nc(NC)cc(N(C)C(C)(C)CO)n1. The van der Waals surface area contributed by atoms with E-state index in [9.17, 15) is 5.11 Å². The van der Waals surface area contributed by atoms with Crippen LogP contribution >= 0.6 is 0 Å². The van der Waals surface area contributed by atoms with Crippen molar-refractivity contribution in [2.75, 3.05) is 30.9 Å². The molecule has 1 heterocycles. The van der Waals surface area contributed by atoms with E-state index in [1.54, 1.807) is 0 Å². The van der Waals surface area contributed by atoms with Crippen LogP contribution in [0.3, 0.4) is 0 Å². The number of nitrogens with zero attached hydrogens (tertiary/aromatic N) is 3. The van der Waals surface area contributed by atoms with E-state index in [0.29, 0.717) is 0 Å². The van der Waals surface area contributed by atoms with Crippen LogP contribution in [0.2, 0.25) is 0 Å². The Morgan fingerprint density at radius 2 is 2.06 bits per heavy atom. The molecular weight excluding hydrogens is 228 g/mol. The van der Waals surface area contributed by atoms with Gasteiger partial charge in [0.25, 0.3) is 0 Å². The Labute approximate surface area is 109 Å². The fourth-order valence-electron chi connectivity index (χ4n) is 1.53. The van der Waals surface area contributed by atoms with Gasteiger partial charge in [-0.1, -0.05) is 6.92 Å². The number of likely N-dealkylation sites (N-methyl/N-ethyl adjacent to an activating group) is 1. The molecule has 18 heavy (non-hydrogen) atoms. The molecule has 0 radical (unpaired) electrons. The summed E-state index contributed by atoms with van der Waals surface area (Å²) >= 11 is 0. The lowest BCUT2D eigenvalue weighted by molar-refractivity contribution is 0.215. The van der Waals surface area contributed by atoms with Crippen LogP contribution in [0, 0.1) is 0 Å². The number of aliphatic hydroxyl groups is 1. The molecule has 0 amide bonds. The van der Waals surface area contributed by atoms with E-state index in [4.69, 9.17) is 0 Å². The second-order valence-electron chi connectivity index (χ2n) is 5.06. The highest BCUT2D eigenvalue weighted by Crippen LogP contribution is 2.22. The highest BCUT2D eigenvalue weighted by molar-refractivity contribution is 5.50. The predicted molar refractivity (Wildman–Crippen MR) is 75.1 cm³/mol. The molecule has 0 aliphatic heterocycles. The van der Waals surface area contributed by atoms with Crippen LogP contribution in [0.25, 0.3) is 0 Å². The molecule has 1 aromatic rings. The first-order chi connectivity index (χ1) is 8.44. The third kappa shape index (κ3) is 3.32. The van der Waals surface area contributed by atoms with Crippen LogP contribution in [0.15, 0.2) is 6.07 Å². The second kappa shape index (κ2) is 6.00. The van der Waals surface area contributed by atoms with E-state index >= 15 is 0 Å². The van der Waals surface area contributed by atoms with Crippen LogP contribution in [-0.2, 0) is 6.42 Å². The van der Waals surface area contributed by atoms with Gasteiger partial charge in [-0.15, -0.1) is 0 Å². The first kappa shape index (κ1) is 14.7. The van der Waals surface area contributed by atoms with Crippen LogP contribution in [0.4, 0.5) is 11.6 Å². The van der Waals surface area contributed by atoms with Crippen molar-refractivity contribution < 1.29 is 5.11 Å². The van der Waals surface area contributed by atoms with Gasteiger partial charge in [0.15, 0.2) is 0 Å². The van der Waals surface area contributed by atoms with E-state index < -0.39 is 0 Å². The van der Waals surface area contributed by atoms with Gasteiger partial charge in [0.2, 0.25) is 0 Å². The maximum atomic E-state index is 9.42. The molecule has 5 heteroatoms. The minimum absolute atomic E-state index is 0.0749. The smallest absolute Gasteiger partial charge is 0.134 e. The normalized spacial score (nSPS) is 11.4. The van der Waals surface area contributed by atoms with Gasteiger partial charge in [-0.3, -0.25) is 0 Å². The van der Waals surface area contributed by atoms with Gasteiger partial charge >= 0.3 is 0 Å². The largest absolute Gasteiger partial charge is 0.394 e. The highest BCUT2D eigenvalue weighted by atomic mass is 16.3. The Morgan fingerprint density at radius 1 is 1.39 bits per heavy atom. The molecule has 0 atom stereocenters. The molecule has 0 saturated carbocycles. The molecule has 0 fully saturated rings. The van der Waals surface area contributed by atoms with E-state index in [2.05, 4.69) is 22.2 Å². The minimum atomic E-state index is -0.344. The van der Waals surface area contributed by atoms with Gasteiger partial charge < -0.3 is 15.3 Å². The van der Waals surface area contributed by atoms with Crippen molar-refractivity contribution in [3.05, 3.63) is 11.9 Å². The van der Waals surface area contributed by atoms with Crippen LogP contribution in [0.5, 0.6) is 0 Å². The average Bonchev–Trinajstić information content (AvgIpc) is 2.37. The van der Waals surface area contributed by atoms with E-state index in [-0.39, 0.29) is 12.1 Å². The zero-order chi connectivity index (χ0) is 13.8. The number of anilines is 2. The molecule has 1 aromatic heterocycles. The summed E-state index contributed by atoms with van der Waals surface area (Å²) in [4.78, 5) is 11.0. The molecule has 0 saturated heterocycles. The third-order valence-electron chi connectivity index (χ3n) is 3.13. The predicted octanol–water partition coefficient (Wildman–Crippen LogP) is 1.68.